The molecule has 22 heavy (non-hydrogen) atoms. The number of methoxy groups -OCH3 is 1. The predicted molar refractivity (Wildman–Crippen MR) is 82.1 cm³/mol. The standard InChI is InChI=1S/C18H25NO3/c1-21-16(15-3-2-4-22-15)11-19-17(20)18-8-12-5-13(9-18)7-14(6-12)10-18/h2-4,12-14,16H,5-11H2,1H3,(H,19,20). The average molecular weight is 303 g/mol. The van der Waals surface area contributed by atoms with Gasteiger partial charge in [-0.05, 0) is 68.4 Å². The van der Waals surface area contributed by atoms with Crippen molar-refractivity contribution < 1.29 is 13.9 Å². The van der Waals surface area contributed by atoms with Crippen LogP contribution in [0, 0.1) is 23.2 Å². The van der Waals surface area contributed by atoms with Crippen molar-refractivity contribution in [3.05, 3.63) is 24.2 Å². The summed E-state index contributed by atoms with van der Waals surface area (Å²) < 4.78 is 10.8. The first kappa shape index (κ1) is 14.3. The quantitative estimate of drug-likeness (QED) is 0.908. The summed E-state index contributed by atoms with van der Waals surface area (Å²) in [4.78, 5) is 12.9. The summed E-state index contributed by atoms with van der Waals surface area (Å²) in [5.74, 6) is 3.40. The van der Waals surface area contributed by atoms with Crippen molar-refractivity contribution in [1.29, 1.82) is 0 Å². The lowest BCUT2D eigenvalue weighted by Crippen LogP contribution is -2.54. The maximum atomic E-state index is 12.9. The molecule has 1 amide bonds. The minimum absolute atomic E-state index is 0.0871. The van der Waals surface area contributed by atoms with Crippen LogP contribution in [0.25, 0.3) is 0 Å². The Kier molecular flexibility index (Phi) is 3.52. The van der Waals surface area contributed by atoms with Gasteiger partial charge in [0.15, 0.2) is 0 Å². The highest BCUT2D eigenvalue weighted by Gasteiger charge is 2.54. The van der Waals surface area contributed by atoms with E-state index < -0.39 is 0 Å². The molecule has 120 valence electrons. The lowest BCUT2D eigenvalue weighted by molar-refractivity contribution is -0.146. The van der Waals surface area contributed by atoms with Crippen molar-refractivity contribution in [3.63, 3.8) is 0 Å². The Bertz CT molecular complexity index is 501. The van der Waals surface area contributed by atoms with Gasteiger partial charge in [0.25, 0.3) is 0 Å². The van der Waals surface area contributed by atoms with Gasteiger partial charge < -0.3 is 14.5 Å². The van der Waals surface area contributed by atoms with Crippen LogP contribution in [0.2, 0.25) is 0 Å². The largest absolute Gasteiger partial charge is 0.467 e. The number of nitrogens with one attached hydrogen (secondary N) is 1. The fraction of sp³-hybridized carbons (Fsp3) is 0.722. The van der Waals surface area contributed by atoms with Crippen molar-refractivity contribution >= 4 is 5.91 Å². The molecule has 4 fully saturated rings. The van der Waals surface area contributed by atoms with Crippen LogP contribution in [0.3, 0.4) is 0 Å². The van der Waals surface area contributed by atoms with Crippen LogP contribution in [0.1, 0.15) is 50.4 Å². The summed E-state index contributed by atoms with van der Waals surface area (Å²) in [7, 11) is 1.66. The van der Waals surface area contributed by atoms with E-state index in [1.54, 1.807) is 13.4 Å². The molecule has 1 unspecified atom stereocenters. The first-order chi connectivity index (χ1) is 10.7. The number of hydrogen-bond acceptors (Lipinski definition) is 3. The van der Waals surface area contributed by atoms with E-state index in [1.165, 1.54) is 19.3 Å². The van der Waals surface area contributed by atoms with Gasteiger partial charge in [-0.25, -0.2) is 0 Å². The minimum Gasteiger partial charge on any atom is -0.467 e. The van der Waals surface area contributed by atoms with E-state index in [-0.39, 0.29) is 17.4 Å². The molecule has 1 aromatic rings. The first-order valence-corrected chi connectivity index (χ1v) is 8.53. The van der Waals surface area contributed by atoms with Gasteiger partial charge in [-0.3, -0.25) is 4.79 Å². The van der Waals surface area contributed by atoms with Gasteiger partial charge in [0.05, 0.1) is 12.8 Å². The summed E-state index contributed by atoms with van der Waals surface area (Å²) in [6.45, 7) is 0.491. The zero-order valence-electron chi connectivity index (χ0n) is 13.2. The zero-order chi connectivity index (χ0) is 15.2. The van der Waals surface area contributed by atoms with Crippen molar-refractivity contribution in [2.45, 2.75) is 44.6 Å². The number of rotatable bonds is 5. The Balaban J connectivity index is 1.42. The number of ether oxygens (including phenoxy) is 1. The number of furan rings is 1. The predicted octanol–water partition coefficient (Wildman–Crippen LogP) is 3.30. The van der Waals surface area contributed by atoms with Crippen molar-refractivity contribution in [3.8, 4) is 0 Å². The maximum Gasteiger partial charge on any atom is 0.226 e. The molecule has 4 aliphatic carbocycles. The van der Waals surface area contributed by atoms with Crippen LogP contribution in [0.15, 0.2) is 22.8 Å². The van der Waals surface area contributed by atoms with E-state index in [0.29, 0.717) is 6.54 Å². The number of carbonyl (C=O) groups is 1. The molecule has 5 rings (SSSR count). The van der Waals surface area contributed by atoms with Gasteiger partial charge in [-0.1, -0.05) is 0 Å². The third kappa shape index (κ3) is 2.37. The summed E-state index contributed by atoms with van der Waals surface area (Å²) in [5.41, 5.74) is -0.0871. The average Bonchev–Trinajstić information content (AvgIpc) is 3.00. The molecule has 0 spiro atoms. The van der Waals surface area contributed by atoms with Crippen LogP contribution in [-0.2, 0) is 9.53 Å². The molecule has 0 aromatic carbocycles. The third-order valence-corrected chi connectivity index (χ3v) is 6.11. The molecular weight excluding hydrogens is 278 g/mol. The van der Waals surface area contributed by atoms with Gasteiger partial charge in [-0.2, -0.15) is 0 Å². The second-order valence-corrected chi connectivity index (χ2v) is 7.65. The van der Waals surface area contributed by atoms with E-state index in [4.69, 9.17) is 9.15 Å². The second-order valence-electron chi connectivity index (χ2n) is 7.65. The maximum absolute atomic E-state index is 12.9. The second kappa shape index (κ2) is 5.41. The Labute approximate surface area is 131 Å². The summed E-state index contributed by atoms with van der Waals surface area (Å²) >= 11 is 0. The van der Waals surface area contributed by atoms with Crippen LogP contribution < -0.4 is 5.32 Å². The van der Waals surface area contributed by atoms with Crippen LogP contribution >= 0.6 is 0 Å². The molecule has 1 atom stereocenters. The molecule has 4 nitrogen and oxygen atoms in total. The third-order valence-electron chi connectivity index (χ3n) is 6.11. The van der Waals surface area contributed by atoms with E-state index in [9.17, 15) is 4.79 Å². The fourth-order valence-corrected chi connectivity index (χ4v) is 5.54. The molecule has 4 saturated carbocycles. The van der Waals surface area contributed by atoms with E-state index in [2.05, 4.69) is 5.32 Å². The van der Waals surface area contributed by atoms with Gasteiger partial charge in [0, 0.05) is 12.5 Å². The lowest BCUT2D eigenvalue weighted by Gasteiger charge is -2.55. The minimum atomic E-state index is -0.201. The van der Waals surface area contributed by atoms with Crippen LogP contribution in [-0.4, -0.2) is 19.6 Å². The molecule has 4 aliphatic rings. The molecular formula is C18H25NO3. The number of amides is 1. The first-order valence-electron chi connectivity index (χ1n) is 8.53. The van der Waals surface area contributed by atoms with E-state index in [1.807, 2.05) is 12.1 Å². The Hall–Kier alpha value is -1.29. The smallest absolute Gasteiger partial charge is 0.226 e. The number of carbonyl (C=O) groups excluding carboxylic acids is 1. The highest BCUT2D eigenvalue weighted by atomic mass is 16.5. The Morgan fingerprint density at radius 1 is 1.32 bits per heavy atom. The van der Waals surface area contributed by atoms with Crippen molar-refractivity contribution in [2.75, 3.05) is 13.7 Å². The molecule has 4 heteroatoms. The zero-order valence-corrected chi connectivity index (χ0v) is 13.2. The molecule has 0 saturated heterocycles. The summed E-state index contributed by atoms with van der Waals surface area (Å²) in [6, 6.07) is 3.74. The summed E-state index contributed by atoms with van der Waals surface area (Å²) in [5, 5.41) is 3.16. The molecule has 0 radical (unpaired) electrons. The van der Waals surface area contributed by atoms with Gasteiger partial charge in [-0.15, -0.1) is 0 Å². The molecule has 1 N–H and O–H groups in total. The Morgan fingerprint density at radius 2 is 1.95 bits per heavy atom. The lowest BCUT2D eigenvalue weighted by atomic mass is 9.49. The molecule has 1 aromatic heterocycles. The number of hydrogen-bond donors (Lipinski definition) is 1. The fourth-order valence-electron chi connectivity index (χ4n) is 5.54. The van der Waals surface area contributed by atoms with Gasteiger partial charge in [0.1, 0.15) is 11.9 Å². The molecule has 0 aliphatic heterocycles. The molecule has 4 bridgehead atoms. The Morgan fingerprint density at radius 3 is 2.45 bits per heavy atom. The highest BCUT2D eigenvalue weighted by Crippen LogP contribution is 2.60. The van der Waals surface area contributed by atoms with Crippen molar-refractivity contribution in [2.24, 2.45) is 23.2 Å². The monoisotopic (exact) mass is 303 g/mol. The van der Waals surface area contributed by atoms with Crippen LogP contribution in [0.4, 0.5) is 0 Å². The highest BCUT2D eigenvalue weighted by molar-refractivity contribution is 5.83. The van der Waals surface area contributed by atoms with E-state index in [0.717, 1.165) is 42.8 Å². The molecule has 1 heterocycles. The van der Waals surface area contributed by atoms with E-state index >= 15 is 0 Å². The van der Waals surface area contributed by atoms with Crippen LogP contribution in [0.5, 0.6) is 0 Å². The SMILES string of the molecule is COC(CNC(=O)C12CC3CC(CC(C3)C1)C2)c1ccco1. The normalized spacial score (nSPS) is 37.2. The summed E-state index contributed by atoms with van der Waals surface area (Å²) in [6.07, 6.45) is 8.82. The van der Waals surface area contributed by atoms with Gasteiger partial charge >= 0.3 is 0 Å². The van der Waals surface area contributed by atoms with Crippen molar-refractivity contribution in [1.82, 2.24) is 5.32 Å². The van der Waals surface area contributed by atoms with Gasteiger partial charge in [0.2, 0.25) is 5.91 Å². The topological polar surface area (TPSA) is 51.5 Å².